The molecule has 0 heterocycles. The first-order valence-electron chi connectivity index (χ1n) is 5.57. The summed E-state index contributed by atoms with van der Waals surface area (Å²) in [4.78, 5) is 35.8. The Balaban J connectivity index is 4.59. The van der Waals surface area contributed by atoms with E-state index in [0.29, 0.717) is 25.8 Å². The molecule has 0 rings (SSSR count). The Kier molecular flexibility index (Phi) is 7.92. The second-order valence-corrected chi connectivity index (χ2v) is 3.54. The molecule has 1 N–H and O–H groups in total. The first-order valence-corrected chi connectivity index (χ1v) is 5.57. The maximum Gasteiger partial charge on any atom is 0.334 e. The van der Waals surface area contributed by atoms with Gasteiger partial charge >= 0.3 is 12.1 Å². The molecule has 0 aliphatic carbocycles. The number of carbonyl (C=O) groups excluding carboxylic acids is 3. The average Bonchev–Trinajstić information content (AvgIpc) is 2.38. The molecule has 0 spiro atoms. The molecule has 0 bridgehead atoms. The van der Waals surface area contributed by atoms with Crippen LogP contribution >= 0.6 is 0 Å². The van der Waals surface area contributed by atoms with Crippen molar-refractivity contribution in [1.82, 2.24) is 15.1 Å². The smallest absolute Gasteiger partial charge is 0.334 e. The molecule has 6 nitrogen and oxygen atoms in total. The molecule has 0 aromatic rings. The maximum atomic E-state index is 11.8. The van der Waals surface area contributed by atoms with Gasteiger partial charge in [-0.05, 0) is 12.8 Å². The van der Waals surface area contributed by atoms with Crippen LogP contribution in [0.1, 0.15) is 12.8 Å². The van der Waals surface area contributed by atoms with Crippen LogP contribution in [0.15, 0.2) is 25.3 Å². The summed E-state index contributed by atoms with van der Waals surface area (Å²) in [5, 5.41) is 2.57. The summed E-state index contributed by atoms with van der Waals surface area (Å²) < 4.78 is 0. The number of hydrogen-bond acceptors (Lipinski definition) is 3. The van der Waals surface area contributed by atoms with Crippen molar-refractivity contribution in [2.24, 2.45) is 0 Å². The van der Waals surface area contributed by atoms with Gasteiger partial charge in [0.25, 0.3) is 0 Å². The third kappa shape index (κ3) is 5.29. The standard InChI is InChI=1S/C12H19N3O3/c1-4-6-8-13-11(17)15(9-7-5-2)12(18)14(3)10-16/h4-5,10H,1-2,6-9H2,3H3,(H,13,17). The van der Waals surface area contributed by atoms with Gasteiger partial charge in [0.1, 0.15) is 0 Å². The lowest BCUT2D eigenvalue weighted by Gasteiger charge is -2.23. The molecule has 0 saturated heterocycles. The van der Waals surface area contributed by atoms with Crippen molar-refractivity contribution in [2.75, 3.05) is 20.1 Å². The third-order valence-electron chi connectivity index (χ3n) is 2.12. The maximum absolute atomic E-state index is 11.8. The lowest BCUT2D eigenvalue weighted by molar-refractivity contribution is -0.115. The predicted octanol–water partition coefficient (Wildman–Crippen LogP) is 1.36. The van der Waals surface area contributed by atoms with Crippen molar-refractivity contribution in [2.45, 2.75) is 12.8 Å². The van der Waals surface area contributed by atoms with Gasteiger partial charge in [-0.15, -0.1) is 13.2 Å². The van der Waals surface area contributed by atoms with Crippen LogP contribution in [0.3, 0.4) is 0 Å². The van der Waals surface area contributed by atoms with Crippen molar-refractivity contribution in [3.63, 3.8) is 0 Å². The second-order valence-electron chi connectivity index (χ2n) is 3.54. The Morgan fingerprint density at radius 3 is 2.33 bits per heavy atom. The van der Waals surface area contributed by atoms with Crippen molar-refractivity contribution >= 4 is 18.5 Å². The van der Waals surface area contributed by atoms with Gasteiger partial charge in [0.15, 0.2) is 0 Å². The van der Waals surface area contributed by atoms with E-state index in [4.69, 9.17) is 0 Å². The Morgan fingerprint density at radius 1 is 1.22 bits per heavy atom. The van der Waals surface area contributed by atoms with Crippen LogP contribution < -0.4 is 5.32 Å². The van der Waals surface area contributed by atoms with Crippen LogP contribution in [-0.4, -0.2) is 48.4 Å². The van der Waals surface area contributed by atoms with Crippen LogP contribution in [0.2, 0.25) is 0 Å². The van der Waals surface area contributed by atoms with Gasteiger partial charge in [-0.25, -0.2) is 14.5 Å². The van der Waals surface area contributed by atoms with E-state index < -0.39 is 12.1 Å². The van der Waals surface area contributed by atoms with Gasteiger partial charge in [0.05, 0.1) is 0 Å². The first-order chi connectivity index (χ1) is 8.58. The van der Waals surface area contributed by atoms with Crippen LogP contribution in [-0.2, 0) is 4.79 Å². The number of nitrogens with zero attached hydrogens (tertiary/aromatic N) is 2. The van der Waals surface area contributed by atoms with Crippen LogP contribution in [0, 0.1) is 0 Å². The highest BCUT2D eigenvalue weighted by atomic mass is 16.2. The monoisotopic (exact) mass is 253 g/mol. The van der Waals surface area contributed by atoms with E-state index in [1.165, 1.54) is 7.05 Å². The first kappa shape index (κ1) is 15.9. The zero-order chi connectivity index (χ0) is 14.0. The number of amides is 5. The largest absolute Gasteiger partial charge is 0.337 e. The molecule has 0 saturated carbocycles. The van der Waals surface area contributed by atoms with Gasteiger partial charge in [-0.1, -0.05) is 12.2 Å². The van der Waals surface area contributed by atoms with E-state index in [0.717, 1.165) is 9.80 Å². The summed E-state index contributed by atoms with van der Waals surface area (Å²) >= 11 is 0. The molecule has 5 amide bonds. The lowest BCUT2D eigenvalue weighted by Crippen LogP contribution is -2.49. The molecule has 0 radical (unpaired) electrons. The van der Waals surface area contributed by atoms with Crippen molar-refractivity contribution in [1.29, 1.82) is 0 Å². The number of rotatable bonds is 7. The predicted molar refractivity (Wildman–Crippen MR) is 69.0 cm³/mol. The number of carbonyl (C=O) groups is 3. The zero-order valence-corrected chi connectivity index (χ0v) is 10.6. The van der Waals surface area contributed by atoms with Gasteiger partial charge < -0.3 is 5.32 Å². The fourth-order valence-corrected chi connectivity index (χ4v) is 1.12. The van der Waals surface area contributed by atoms with Crippen molar-refractivity contribution in [3.05, 3.63) is 25.3 Å². The van der Waals surface area contributed by atoms with E-state index in [1.807, 2.05) is 0 Å². The van der Waals surface area contributed by atoms with Crippen LogP contribution in [0.5, 0.6) is 0 Å². The van der Waals surface area contributed by atoms with Gasteiger partial charge in [0.2, 0.25) is 6.41 Å². The highest BCUT2D eigenvalue weighted by Gasteiger charge is 2.23. The quantitative estimate of drug-likeness (QED) is 0.423. The van der Waals surface area contributed by atoms with Crippen LogP contribution in [0.4, 0.5) is 9.59 Å². The number of nitrogens with one attached hydrogen (secondary N) is 1. The molecule has 0 aliphatic rings. The number of urea groups is 2. The Bertz CT molecular complexity index is 329. The second kappa shape index (κ2) is 8.98. The minimum absolute atomic E-state index is 0.181. The van der Waals surface area contributed by atoms with Crippen LogP contribution in [0.25, 0.3) is 0 Å². The Morgan fingerprint density at radius 2 is 1.83 bits per heavy atom. The molecule has 0 atom stereocenters. The number of imide groups is 2. The van der Waals surface area contributed by atoms with E-state index in [9.17, 15) is 14.4 Å². The summed E-state index contributed by atoms with van der Waals surface area (Å²) in [6.07, 6.45) is 4.69. The normalized spacial score (nSPS) is 9.17. The topological polar surface area (TPSA) is 69.7 Å². The highest BCUT2D eigenvalue weighted by molar-refractivity contribution is 5.97. The molecule has 0 aromatic carbocycles. The summed E-state index contributed by atoms with van der Waals surface area (Å²) in [6.45, 7) is 7.63. The third-order valence-corrected chi connectivity index (χ3v) is 2.12. The molecule has 0 aliphatic heterocycles. The zero-order valence-electron chi connectivity index (χ0n) is 10.6. The number of hydrogen-bond donors (Lipinski definition) is 1. The highest BCUT2D eigenvalue weighted by Crippen LogP contribution is 1.99. The Labute approximate surface area is 107 Å². The van der Waals surface area contributed by atoms with E-state index in [-0.39, 0.29) is 6.54 Å². The molecular formula is C12H19N3O3. The SMILES string of the molecule is C=CCCNC(=O)N(CCC=C)C(=O)N(C)C=O. The van der Waals surface area contributed by atoms with Crippen molar-refractivity contribution in [3.8, 4) is 0 Å². The molecule has 0 aromatic heterocycles. The van der Waals surface area contributed by atoms with Crippen molar-refractivity contribution < 1.29 is 14.4 Å². The minimum atomic E-state index is -0.664. The summed E-state index contributed by atoms with van der Waals surface area (Å²) in [5.41, 5.74) is 0. The lowest BCUT2D eigenvalue weighted by atomic mass is 10.4. The molecule has 18 heavy (non-hydrogen) atoms. The van der Waals surface area contributed by atoms with E-state index in [1.54, 1.807) is 12.2 Å². The fourth-order valence-electron chi connectivity index (χ4n) is 1.12. The molecular weight excluding hydrogens is 234 g/mol. The van der Waals surface area contributed by atoms with Gasteiger partial charge in [-0.3, -0.25) is 9.69 Å². The summed E-state index contributed by atoms with van der Waals surface area (Å²) in [6, 6.07) is -1.19. The Hall–Kier alpha value is -2.11. The molecule has 0 unspecified atom stereocenters. The van der Waals surface area contributed by atoms with E-state index in [2.05, 4.69) is 18.5 Å². The average molecular weight is 253 g/mol. The van der Waals surface area contributed by atoms with E-state index >= 15 is 0 Å². The fraction of sp³-hybridized carbons (Fsp3) is 0.417. The minimum Gasteiger partial charge on any atom is -0.337 e. The van der Waals surface area contributed by atoms with Gasteiger partial charge in [0, 0.05) is 20.1 Å². The summed E-state index contributed by atoms with van der Waals surface area (Å²) in [7, 11) is 1.30. The summed E-state index contributed by atoms with van der Waals surface area (Å²) in [5.74, 6) is 0. The molecule has 0 fully saturated rings. The molecule has 100 valence electrons. The molecule has 6 heteroatoms. The van der Waals surface area contributed by atoms with Gasteiger partial charge in [-0.2, -0.15) is 0 Å².